The summed E-state index contributed by atoms with van der Waals surface area (Å²) in [5, 5.41) is -3.75. The average molecular weight is 404 g/mol. The second-order valence-electron chi connectivity index (χ2n) is 2.47. The zero-order valence-electron chi connectivity index (χ0n) is 8.30. The van der Waals surface area contributed by atoms with Gasteiger partial charge < -0.3 is 18.2 Å². The number of hydrogen-bond acceptors (Lipinski definition) is 12. The van der Waals surface area contributed by atoms with E-state index in [4.69, 9.17) is 0 Å². The van der Waals surface area contributed by atoms with Crippen molar-refractivity contribution < 1.29 is 69.0 Å². The van der Waals surface area contributed by atoms with Gasteiger partial charge in [0, 0.05) is 0 Å². The Hall–Kier alpha value is 0.159. The van der Waals surface area contributed by atoms with Gasteiger partial charge in [0.05, 0.1) is 0 Å². The van der Waals surface area contributed by atoms with E-state index in [0.717, 1.165) is 0 Å². The Morgan fingerprint density at radius 2 is 0.579 bits per heavy atom. The van der Waals surface area contributed by atoms with E-state index >= 15 is 0 Å². The third kappa shape index (κ3) is 32.1. The van der Waals surface area contributed by atoms with E-state index in [1.165, 1.54) is 0 Å². The monoisotopic (exact) mass is 404 g/mol. The number of rotatable bonds is 4. The van der Waals surface area contributed by atoms with Crippen LogP contribution in [0.1, 0.15) is 0 Å². The van der Waals surface area contributed by atoms with Gasteiger partial charge in [0.2, 0.25) is 0 Å². The van der Waals surface area contributed by atoms with Crippen molar-refractivity contribution in [2.45, 2.75) is 0 Å². The predicted molar refractivity (Wildman–Crippen MR) is 48.5 cm³/mol. The van der Waals surface area contributed by atoms with Crippen molar-refractivity contribution in [2.75, 3.05) is 10.2 Å². The molecule has 19 heavy (non-hydrogen) atoms. The van der Waals surface area contributed by atoms with Gasteiger partial charge in [-0.05, 0) is 0 Å². The van der Waals surface area contributed by atoms with Crippen LogP contribution < -0.4 is 0 Å². The smallest absolute Gasteiger partial charge is 0.747 e. The Balaban J connectivity index is -0.000000256. The largest absolute Gasteiger partial charge is 4.00 e. The van der Waals surface area contributed by atoms with Gasteiger partial charge in [0.15, 0.2) is 0 Å². The molecule has 0 aliphatic carbocycles. The van der Waals surface area contributed by atoms with Crippen molar-refractivity contribution in [3.63, 3.8) is 0 Å². The fraction of sp³-hybridized carbons (Fsp3) is 1.00. The standard InChI is InChI=1S/2CH4O6S2.Fe/c2*2-8(3,4)1-9(5,6)7;/h2*1H2,(H,2,3,4)(H,5,6,7);/q;;+4/p-4. The maximum atomic E-state index is 9.51. The minimum atomic E-state index is -4.93. The van der Waals surface area contributed by atoms with E-state index in [9.17, 15) is 51.9 Å². The molecule has 0 radical (unpaired) electrons. The molecule has 0 saturated carbocycles. The van der Waals surface area contributed by atoms with Crippen LogP contribution in [0.25, 0.3) is 0 Å². The van der Waals surface area contributed by atoms with E-state index in [1.54, 1.807) is 0 Å². The summed E-state index contributed by atoms with van der Waals surface area (Å²) >= 11 is 0. The molecule has 12 nitrogen and oxygen atoms in total. The molecule has 0 unspecified atom stereocenters. The molecular formula is C2H4FeO12S4. The maximum absolute atomic E-state index is 9.51. The Morgan fingerprint density at radius 1 is 0.474 bits per heavy atom. The summed E-state index contributed by atoms with van der Waals surface area (Å²) in [6, 6.07) is 0. The minimum Gasteiger partial charge on any atom is -0.747 e. The van der Waals surface area contributed by atoms with Gasteiger partial charge in [-0.2, -0.15) is 0 Å². The SMILES string of the molecule is O=S(=O)([O-])CS(=O)(=O)[O-].O=S(=O)([O-])CS(=O)(=O)[O-].[Fe+4]. The summed E-state index contributed by atoms with van der Waals surface area (Å²) in [6.07, 6.45) is 0. The van der Waals surface area contributed by atoms with Gasteiger partial charge in [-0.25, -0.2) is 33.7 Å². The third-order valence-corrected chi connectivity index (χ3v) is 5.20. The fourth-order valence-electron chi connectivity index (χ4n) is 0.354. The van der Waals surface area contributed by atoms with Crippen LogP contribution >= 0.6 is 0 Å². The first-order valence-corrected chi connectivity index (χ1v) is 9.46. The summed E-state index contributed by atoms with van der Waals surface area (Å²) in [4.78, 5) is 0. The van der Waals surface area contributed by atoms with Gasteiger partial charge in [0.1, 0.15) is 50.6 Å². The van der Waals surface area contributed by atoms with Crippen LogP contribution in [0.2, 0.25) is 0 Å². The molecule has 0 heterocycles. The molecule has 0 bridgehead atoms. The summed E-state index contributed by atoms with van der Waals surface area (Å²) in [6.45, 7) is 0. The fourth-order valence-corrected chi connectivity index (χ4v) is 3.18. The Bertz CT molecular complexity index is 540. The first kappa shape index (κ1) is 24.2. The molecule has 0 fully saturated rings. The molecule has 0 N–H and O–H groups in total. The van der Waals surface area contributed by atoms with Gasteiger partial charge in [-0.1, -0.05) is 0 Å². The normalized spacial score (nSPS) is 12.8. The molecule has 0 aromatic carbocycles. The predicted octanol–water partition coefficient (Wildman–Crippen LogP) is -3.93. The minimum absolute atomic E-state index is 0. The molecule has 17 heteroatoms. The molecule has 0 aromatic rings. The Labute approximate surface area is 119 Å². The summed E-state index contributed by atoms with van der Waals surface area (Å²) in [5.74, 6) is 0. The van der Waals surface area contributed by atoms with Crippen molar-refractivity contribution in [3.8, 4) is 0 Å². The second kappa shape index (κ2) is 7.81. The van der Waals surface area contributed by atoms with Crippen molar-refractivity contribution >= 4 is 40.5 Å². The second-order valence-corrected chi connectivity index (χ2v) is 8.81. The quantitative estimate of drug-likeness (QED) is 0.323. The van der Waals surface area contributed by atoms with E-state index in [0.29, 0.717) is 0 Å². The van der Waals surface area contributed by atoms with Crippen molar-refractivity contribution in [1.29, 1.82) is 0 Å². The molecule has 0 saturated heterocycles. The molecular weight excluding hydrogens is 400 g/mol. The van der Waals surface area contributed by atoms with Gasteiger partial charge in [-0.3, -0.25) is 0 Å². The molecule has 0 aromatic heterocycles. The van der Waals surface area contributed by atoms with Gasteiger partial charge >= 0.3 is 17.1 Å². The number of hydrogen-bond donors (Lipinski definition) is 0. The zero-order valence-corrected chi connectivity index (χ0v) is 12.7. The molecule has 116 valence electrons. The average Bonchev–Trinajstić information content (AvgIpc) is 1.64. The zero-order chi connectivity index (χ0) is 15.4. The molecule has 0 rings (SSSR count). The molecule has 0 aliphatic heterocycles. The van der Waals surface area contributed by atoms with Crippen LogP contribution in [0.3, 0.4) is 0 Å². The Kier molecular flexibility index (Phi) is 9.95. The van der Waals surface area contributed by atoms with Crippen molar-refractivity contribution in [2.24, 2.45) is 0 Å². The molecule has 0 amide bonds. The van der Waals surface area contributed by atoms with E-state index < -0.39 is 50.6 Å². The van der Waals surface area contributed by atoms with Crippen LogP contribution in [0.15, 0.2) is 0 Å². The first-order valence-electron chi connectivity index (χ1n) is 3.15. The van der Waals surface area contributed by atoms with Crippen molar-refractivity contribution in [1.82, 2.24) is 0 Å². The molecule has 0 atom stereocenters. The van der Waals surface area contributed by atoms with Gasteiger partial charge in [0.25, 0.3) is 0 Å². The van der Waals surface area contributed by atoms with E-state index in [2.05, 4.69) is 0 Å². The topological polar surface area (TPSA) is 229 Å². The first-order chi connectivity index (χ1) is 7.41. The van der Waals surface area contributed by atoms with E-state index in [1.807, 2.05) is 0 Å². The Morgan fingerprint density at radius 3 is 0.579 bits per heavy atom. The molecule has 0 spiro atoms. The summed E-state index contributed by atoms with van der Waals surface area (Å²) in [5.41, 5.74) is 0. The van der Waals surface area contributed by atoms with E-state index in [-0.39, 0.29) is 17.1 Å². The van der Waals surface area contributed by atoms with Crippen LogP contribution in [-0.4, -0.2) is 62.1 Å². The van der Waals surface area contributed by atoms with Crippen LogP contribution in [0.4, 0.5) is 0 Å². The van der Waals surface area contributed by atoms with Crippen LogP contribution in [0, 0.1) is 0 Å². The van der Waals surface area contributed by atoms with Gasteiger partial charge in [-0.15, -0.1) is 0 Å². The summed E-state index contributed by atoms with van der Waals surface area (Å²) < 4.78 is 114. The van der Waals surface area contributed by atoms with Crippen molar-refractivity contribution in [3.05, 3.63) is 0 Å². The van der Waals surface area contributed by atoms with Crippen LogP contribution in [0.5, 0.6) is 0 Å². The maximum Gasteiger partial charge on any atom is 4.00 e. The van der Waals surface area contributed by atoms with Crippen LogP contribution in [-0.2, 0) is 57.5 Å². The third-order valence-electron chi connectivity index (χ3n) is 0.577. The molecule has 0 aliphatic rings. The summed E-state index contributed by atoms with van der Waals surface area (Å²) in [7, 11) is -19.7.